The summed E-state index contributed by atoms with van der Waals surface area (Å²) in [6.45, 7) is 8.25. The van der Waals surface area contributed by atoms with Gasteiger partial charge in [0.05, 0.1) is 28.6 Å². The van der Waals surface area contributed by atoms with E-state index in [1.54, 1.807) is 0 Å². The highest BCUT2D eigenvalue weighted by Crippen LogP contribution is 2.34. The van der Waals surface area contributed by atoms with Crippen molar-refractivity contribution in [1.29, 1.82) is 0 Å². The first-order valence-electron chi connectivity index (χ1n) is 8.24. The van der Waals surface area contributed by atoms with Crippen LogP contribution in [0.2, 0.25) is 5.02 Å². The Balaban J connectivity index is 1.50. The van der Waals surface area contributed by atoms with Crippen molar-refractivity contribution in [3.8, 4) is 0 Å². The molecule has 0 amide bonds. The molecule has 0 saturated carbocycles. The molecule has 0 bridgehead atoms. The fourth-order valence-corrected chi connectivity index (χ4v) is 3.70. The summed E-state index contributed by atoms with van der Waals surface area (Å²) in [4.78, 5) is 0. The van der Waals surface area contributed by atoms with Crippen LogP contribution in [0.5, 0.6) is 0 Å². The number of aromatic nitrogens is 2. The summed E-state index contributed by atoms with van der Waals surface area (Å²) >= 11 is 6.19. The molecule has 3 rings (SSSR count). The smallest absolute Gasteiger partial charge is 0.0844 e. The molecule has 2 fully saturated rings. The normalized spacial score (nSPS) is 24.8. The van der Waals surface area contributed by atoms with Crippen LogP contribution in [0.4, 0.5) is 0 Å². The zero-order valence-corrected chi connectivity index (χ0v) is 14.3. The number of aryl methyl sites for hydroxylation is 1. The van der Waals surface area contributed by atoms with E-state index in [1.807, 2.05) is 18.5 Å². The zero-order chi connectivity index (χ0) is 15.6. The van der Waals surface area contributed by atoms with E-state index >= 15 is 0 Å². The Hall–Kier alpha value is -0.620. The van der Waals surface area contributed by atoms with Crippen molar-refractivity contribution in [3.05, 3.63) is 16.4 Å². The standard InChI is InChI=1S/C16H26ClN3O2/c1-12-15(17)13(2)20(19-12)7-6-18-14-3-8-22-16(11-14)4-9-21-10-5-16/h14,18H,3-11H2,1-2H3/t14-/m0/s1. The summed E-state index contributed by atoms with van der Waals surface area (Å²) in [5.74, 6) is 0. The lowest BCUT2D eigenvalue weighted by Gasteiger charge is -2.43. The predicted molar refractivity (Wildman–Crippen MR) is 86.5 cm³/mol. The second-order valence-electron chi connectivity index (χ2n) is 6.50. The Bertz CT molecular complexity index is 506. The number of halogens is 1. The molecule has 22 heavy (non-hydrogen) atoms. The predicted octanol–water partition coefficient (Wildman–Crippen LogP) is 2.47. The third-order valence-corrected chi connectivity index (χ3v) is 5.49. The average Bonchev–Trinajstić information content (AvgIpc) is 2.76. The third-order valence-electron chi connectivity index (χ3n) is 4.95. The Kier molecular flexibility index (Phi) is 5.07. The molecule has 0 radical (unpaired) electrons. The number of nitrogens with zero attached hydrogens (tertiary/aromatic N) is 2. The lowest BCUT2D eigenvalue weighted by atomic mass is 9.84. The van der Waals surface area contributed by atoms with Crippen LogP contribution in [0.15, 0.2) is 0 Å². The summed E-state index contributed by atoms with van der Waals surface area (Å²) in [5.41, 5.74) is 2.01. The van der Waals surface area contributed by atoms with Crippen molar-refractivity contribution in [2.24, 2.45) is 0 Å². The van der Waals surface area contributed by atoms with E-state index in [1.165, 1.54) is 0 Å². The molecule has 1 aromatic rings. The lowest BCUT2D eigenvalue weighted by molar-refractivity contribution is -0.140. The van der Waals surface area contributed by atoms with Gasteiger partial charge in [-0.2, -0.15) is 5.10 Å². The largest absolute Gasteiger partial charge is 0.381 e. The quantitative estimate of drug-likeness (QED) is 0.923. The molecule has 2 aliphatic rings. The molecule has 1 spiro atoms. The van der Waals surface area contributed by atoms with Crippen molar-refractivity contribution in [3.63, 3.8) is 0 Å². The molecular formula is C16H26ClN3O2. The summed E-state index contributed by atoms with van der Waals surface area (Å²) in [6, 6.07) is 0.527. The highest BCUT2D eigenvalue weighted by molar-refractivity contribution is 6.31. The van der Waals surface area contributed by atoms with Crippen molar-refractivity contribution in [1.82, 2.24) is 15.1 Å². The minimum atomic E-state index is 0.0513. The fourth-order valence-electron chi connectivity index (χ4n) is 3.56. The van der Waals surface area contributed by atoms with Gasteiger partial charge in [0.15, 0.2) is 0 Å². The van der Waals surface area contributed by atoms with Crippen LogP contribution in [0.1, 0.15) is 37.1 Å². The molecule has 0 aromatic carbocycles. The maximum Gasteiger partial charge on any atom is 0.0844 e. The van der Waals surface area contributed by atoms with Gasteiger partial charge in [-0.3, -0.25) is 4.68 Å². The molecule has 5 nitrogen and oxygen atoms in total. The van der Waals surface area contributed by atoms with Gasteiger partial charge in [-0.1, -0.05) is 11.6 Å². The van der Waals surface area contributed by atoms with Gasteiger partial charge in [0.1, 0.15) is 0 Å². The molecular weight excluding hydrogens is 302 g/mol. The monoisotopic (exact) mass is 327 g/mol. The molecule has 1 atom stereocenters. The number of hydrogen-bond donors (Lipinski definition) is 1. The minimum absolute atomic E-state index is 0.0513. The number of ether oxygens (including phenoxy) is 2. The molecule has 1 aromatic heterocycles. The topological polar surface area (TPSA) is 48.3 Å². The van der Waals surface area contributed by atoms with Crippen LogP contribution in [-0.4, -0.2) is 47.8 Å². The van der Waals surface area contributed by atoms with E-state index in [4.69, 9.17) is 21.1 Å². The highest BCUT2D eigenvalue weighted by atomic mass is 35.5. The van der Waals surface area contributed by atoms with Crippen LogP contribution in [-0.2, 0) is 16.0 Å². The third kappa shape index (κ3) is 3.48. The lowest BCUT2D eigenvalue weighted by Crippen LogP contribution is -2.50. The fraction of sp³-hybridized carbons (Fsp3) is 0.812. The van der Waals surface area contributed by atoms with E-state index in [9.17, 15) is 0 Å². The number of nitrogens with one attached hydrogen (secondary N) is 1. The van der Waals surface area contributed by atoms with Gasteiger partial charge in [0.2, 0.25) is 0 Å². The van der Waals surface area contributed by atoms with Crippen LogP contribution in [0.3, 0.4) is 0 Å². The molecule has 6 heteroatoms. The van der Waals surface area contributed by atoms with Crippen molar-refractivity contribution >= 4 is 11.6 Å². The highest BCUT2D eigenvalue weighted by Gasteiger charge is 2.38. The van der Waals surface area contributed by atoms with Gasteiger partial charge >= 0.3 is 0 Å². The van der Waals surface area contributed by atoms with Gasteiger partial charge in [0.25, 0.3) is 0 Å². The molecule has 2 aliphatic heterocycles. The number of hydrogen-bond acceptors (Lipinski definition) is 4. The van der Waals surface area contributed by atoms with E-state index in [0.29, 0.717) is 6.04 Å². The summed E-state index contributed by atoms with van der Waals surface area (Å²) in [7, 11) is 0. The molecule has 2 saturated heterocycles. The Morgan fingerprint density at radius 3 is 2.77 bits per heavy atom. The van der Waals surface area contributed by atoms with E-state index in [0.717, 1.165) is 75.0 Å². The van der Waals surface area contributed by atoms with Crippen molar-refractivity contribution < 1.29 is 9.47 Å². The Morgan fingerprint density at radius 2 is 2.09 bits per heavy atom. The Labute approximate surface area is 137 Å². The SMILES string of the molecule is Cc1nn(CCN[C@H]2CCOC3(CCOCC3)C2)c(C)c1Cl. The zero-order valence-electron chi connectivity index (χ0n) is 13.5. The van der Waals surface area contributed by atoms with Crippen LogP contribution >= 0.6 is 11.6 Å². The second kappa shape index (κ2) is 6.87. The molecule has 3 heterocycles. The van der Waals surface area contributed by atoms with E-state index in [2.05, 4.69) is 10.4 Å². The molecule has 0 unspecified atom stereocenters. The van der Waals surface area contributed by atoms with Crippen molar-refractivity contribution in [2.75, 3.05) is 26.4 Å². The molecule has 0 aliphatic carbocycles. The average molecular weight is 328 g/mol. The first-order valence-corrected chi connectivity index (χ1v) is 8.62. The number of rotatable bonds is 4. The van der Waals surface area contributed by atoms with Crippen molar-refractivity contribution in [2.45, 2.75) is 57.7 Å². The van der Waals surface area contributed by atoms with Gasteiger partial charge in [-0.05, 0) is 39.5 Å². The minimum Gasteiger partial charge on any atom is -0.381 e. The van der Waals surface area contributed by atoms with Crippen LogP contribution in [0.25, 0.3) is 0 Å². The summed E-state index contributed by atoms with van der Waals surface area (Å²) in [5, 5.41) is 8.94. The van der Waals surface area contributed by atoms with E-state index in [-0.39, 0.29) is 5.60 Å². The van der Waals surface area contributed by atoms with Gasteiger partial charge < -0.3 is 14.8 Å². The summed E-state index contributed by atoms with van der Waals surface area (Å²) < 4.78 is 13.6. The Morgan fingerprint density at radius 1 is 1.32 bits per heavy atom. The maximum absolute atomic E-state index is 6.19. The summed E-state index contributed by atoms with van der Waals surface area (Å²) in [6.07, 6.45) is 4.23. The van der Waals surface area contributed by atoms with Gasteiger partial charge in [0, 0.05) is 32.4 Å². The van der Waals surface area contributed by atoms with Gasteiger partial charge in [-0.15, -0.1) is 0 Å². The molecule has 1 N–H and O–H groups in total. The maximum atomic E-state index is 6.19. The molecule has 124 valence electrons. The first kappa shape index (κ1) is 16.2. The van der Waals surface area contributed by atoms with E-state index < -0.39 is 0 Å². The van der Waals surface area contributed by atoms with Crippen LogP contribution in [0, 0.1) is 13.8 Å². The first-order chi connectivity index (χ1) is 10.6. The second-order valence-corrected chi connectivity index (χ2v) is 6.87. The van der Waals surface area contributed by atoms with Crippen LogP contribution < -0.4 is 5.32 Å². The van der Waals surface area contributed by atoms with Gasteiger partial charge in [-0.25, -0.2) is 0 Å².